The molecule has 1 aromatic heterocycles. The van der Waals surface area contributed by atoms with Crippen molar-refractivity contribution in [2.24, 2.45) is 0 Å². The number of nitrogens with one attached hydrogen (secondary N) is 1. The molecule has 0 saturated heterocycles. The Kier molecular flexibility index (Phi) is 7.22. The Bertz CT molecular complexity index is 1130. The lowest BCUT2D eigenvalue weighted by Gasteiger charge is -2.32. The van der Waals surface area contributed by atoms with Gasteiger partial charge in [0.2, 0.25) is 0 Å². The summed E-state index contributed by atoms with van der Waals surface area (Å²) in [5, 5.41) is 18.8. The second kappa shape index (κ2) is 10.0. The van der Waals surface area contributed by atoms with E-state index in [1.54, 1.807) is 4.90 Å². The Balaban J connectivity index is 1.54. The highest BCUT2D eigenvalue weighted by Crippen LogP contribution is 2.28. The largest absolute Gasteiger partial charge is 0.361 e. The Morgan fingerprint density at radius 1 is 1.43 bits per heavy atom. The second-order valence-electron chi connectivity index (χ2n) is 8.33. The van der Waals surface area contributed by atoms with Crippen molar-refractivity contribution in [3.63, 3.8) is 0 Å². The number of benzene rings is 1. The van der Waals surface area contributed by atoms with E-state index in [9.17, 15) is 27.9 Å². The third kappa shape index (κ3) is 5.22. The van der Waals surface area contributed by atoms with Crippen molar-refractivity contribution in [1.82, 2.24) is 24.6 Å². The van der Waals surface area contributed by atoms with Crippen molar-refractivity contribution in [2.75, 3.05) is 32.5 Å². The van der Waals surface area contributed by atoms with Gasteiger partial charge in [-0.3, -0.25) is 24.0 Å². The smallest absolute Gasteiger partial charge is 0.295 e. The van der Waals surface area contributed by atoms with E-state index in [1.165, 1.54) is 37.0 Å². The first-order chi connectivity index (χ1) is 16.5. The molecule has 2 aliphatic heterocycles. The van der Waals surface area contributed by atoms with E-state index in [1.807, 2.05) is 0 Å². The van der Waals surface area contributed by atoms with Crippen LogP contribution in [0, 0.1) is 5.82 Å². The van der Waals surface area contributed by atoms with Gasteiger partial charge in [-0.2, -0.15) is 5.10 Å². The summed E-state index contributed by atoms with van der Waals surface area (Å²) >= 11 is 5.80. The standard InChI is InChI=1S/C21H24ClF3N6O4/c1-28(10-17(24)25)19(32)16-9-31-18(20(33)29(2)35-16)12-8-30(6-5-15(12)27-31)21(34)26-11-3-4-14(23)13(22)7-11/h3-4,7,16-17,21,26,34H,5-6,8-10H2,1-2H3. The van der Waals surface area contributed by atoms with Gasteiger partial charge in [-0.15, -0.1) is 0 Å². The lowest BCUT2D eigenvalue weighted by atomic mass is 10.0. The third-order valence-electron chi connectivity index (χ3n) is 5.87. The number of aliphatic hydroxyl groups excluding tert-OH is 1. The van der Waals surface area contributed by atoms with E-state index >= 15 is 0 Å². The fourth-order valence-corrected chi connectivity index (χ4v) is 4.28. The summed E-state index contributed by atoms with van der Waals surface area (Å²) < 4.78 is 40.2. The predicted molar refractivity (Wildman–Crippen MR) is 118 cm³/mol. The van der Waals surface area contributed by atoms with Gasteiger partial charge < -0.3 is 15.3 Å². The molecule has 2 aromatic rings. The number of halogens is 4. The minimum absolute atomic E-state index is 0.0954. The maximum atomic E-state index is 13.4. The molecule has 0 fully saturated rings. The number of anilines is 1. The molecule has 4 rings (SSSR count). The van der Waals surface area contributed by atoms with Crippen LogP contribution >= 0.6 is 11.6 Å². The minimum Gasteiger partial charge on any atom is -0.361 e. The molecular formula is C21H24ClF3N6O4. The van der Waals surface area contributed by atoms with Crippen molar-refractivity contribution in [3.05, 3.63) is 46.0 Å². The van der Waals surface area contributed by atoms with Gasteiger partial charge in [-0.25, -0.2) is 18.2 Å². The number of nitrogens with zero attached hydrogens (tertiary/aromatic N) is 5. The van der Waals surface area contributed by atoms with Gasteiger partial charge in [-0.1, -0.05) is 11.6 Å². The summed E-state index contributed by atoms with van der Waals surface area (Å²) in [4.78, 5) is 33.7. The fraction of sp³-hybridized carbons (Fsp3) is 0.476. The zero-order valence-corrected chi connectivity index (χ0v) is 19.7. The molecule has 2 unspecified atom stereocenters. The molecule has 2 N–H and O–H groups in total. The molecule has 3 heterocycles. The van der Waals surface area contributed by atoms with Crippen molar-refractivity contribution in [3.8, 4) is 0 Å². The third-order valence-corrected chi connectivity index (χ3v) is 6.16. The lowest BCUT2D eigenvalue weighted by Crippen LogP contribution is -2.45. The summed E-state index contributed by atoms with van der Waals surface area (Å²) in [7, 11) is 2.57. The Hall–Kier alpha value is -2.87. The normalized spacial score (nSPS) is 19.3. The number of fused-ring (bicyclic) bond motifs is 3. The number of rotatable bonds is 6. The molecule has 14 heteroatoms. The van der Waals surface area contributed by atoms with Gasteiger partial charge in [0.1, 0.15) is 11.5 Å². The van der Waals surface area contributed by atoms with Crippen molar-refractivity contribution < 1.29 is 32.7 Å². The molecule has 35 heavy (non-hydrogen) atoms. The van der Waals surface area contributed by atoms with Crippen LogP contribution in [0.25, 0.3) is 0 Å². The number of alkyl halides is 2. The van der Waals surface area contributed by atoms with Gasteiger partial charge in [-0.05, 0) is 18.2 Å². The van der Waals surface area contributed by atoms with Crippen LogP contribution in [-0.4, -0.2) is 87.6 Å². The number of aromatic nitrogens is 2. The maximum Gasteiger partial charge on any atom is 0.295 e. The van der Waals surface area contributed by atoms with Gasteiger partial charge in [0, 0.05) is 44.9 Å². The second-order valence-corrected chi connectivity index (χ2v) is 8.74. The van der Waals surface area contributed by atoms with Gasteiger partial charge in [0.15, 0.2) is 12.5 Å². The Morgan fingerprint density at radius 2 is 2.17 bits per heavy atom. The summed E-state index contributed by atoms with van der Waals surface area (Å²) in [6.07, 6.45) is -4.70. The maximum absolute atomic E-state index is 13.4. The van der Waals surface area contributed by atoms with Crippen LogP contribution in [0.2, 0.25) is 5.02 Å². The highest BCUT2D eigenvalue weighted by atomic mass is 35.5. The number of carbonyl (C=O) groups excluding carboxylic acids is 2. The van der Waals surface area contributed by atoms with Gasteiger partial charge in [0.05, 0.1) is 23.8 Å². The number of hydrogen-bond acceptors (Lipinski definition) is 7. The molecule has 0 bridgehead atoms. The van der Waals surface area contributed by atoms with Crippen LogP contribution in [-0.2, 0) is 29.1 Å². The lowest BCUT2D eigenvalue weighted by molar-refractivity contribution is -0.177. The van der Waals surface area contributed by atoms with Crippen molar-refractivity contribution in [1.29, 1.82) is 0 Å². The molecule has 190 valence electrons. The van der Waals surface area contributed by atoms with E-state index in [4.69, 9.17) is 16.4 Å². The van der Waals surface area contributed by atoms with E-state index in [2.05, 4.69) is 10.4 Å². The van der Waals surface area contributed by atoms with E-state index in [-0.39, 0.29) is 23.8 Å². The van der Waals surface area contributed by atoms with Crippen LogP contribution in [0.4, 0.5) is 18.9 Å². The Labute approximate surface area is 203 Å². The molecule has 0 radical (unpaired) electrons. The summed E-state index contributed by atoms with van der Waals surface area (Å²) in [5.41, 5.74) is 1.78. The van der Waals surface area contributed by atoms with Gasteiger partial charge >= 0.3 is 0 Å². The first kappa shape index (κ1) is 25.2. The number of hydroxylamine groups is 2. The summed E-state index contributed by atoms with van der Waals surface area (Å²) in [6, 6.07) is 3.96. The van der Waals surface area contributed by atoms with Gasteiger partial charge in [0.25, 0.3) is 18.2 Å². The number of carbonyl (C=O) groups is 2. The first-order valence-corrected chi connectivity index (χ1v) is 11.1. The van der Waals surface area contributed by atoms with Crippen LogP contribution < -0.4 is 5.32 Å². The highest BCUT2D eigenvalue weighted by molar-refractivity contribution is 6.31. The van der Waals surface area contributed by atoms with E-state index in [0.29, 0.717) is 29.9 Å². The average Bonchev–Trinajstić information content (AvgIpc) is 3.10. The SMILES string of the molecule is CN(CC(F)F)C(=O)C1Cn2nc3c(c2C(=O)N(C)O1)CN(C(O)Nc1ccc(F)c(Cl)c1)CC3. The number of amides is 2. The molecular weight excluding hydrogens is 493 g/mol. The van der Waals surface area contributed by atoms with Crippen molar-refractivity contribution >= 4 is 29.1 Å². The molecule has 1 aromatic carbocycles. The minimum atomic E-state index is -2.71. The number of aliphatic hydroxyl groups is 1. The molecule has 2 aliphatic rings. The Morgan fingerprint density at radius 3 is 2.86 bits per heavy atom. The number of likely N-dealkylation sites (N-methyl/N-ethyl adjacent to an activating group) is 1. The summed E-state index contributed by atoms with van der Waals surface area (Å²) in [6.45, 7) is -0.360. The predicted octanol–water partition coefficient (Wildman–Crippen LogP) is 1.53. The van der Waals surface area contributed by atoms with E-state index < -0.39 is 43.1 Å². The molecule has 0 saturated carbocycles. The zero-order chi connectivity index (χ0) is 25.4. The van der Waals surface area contributed by atoms with Crippen LogP contribution in [0.1, 0.15) is 21.7 Å². The monoisotopic (exact) mass is 516 g/mol. The molecule has 0 aliphatic carbocycles. The highest BCUT2D eigenvalue weighted by Gasteiger charge is 2.38. The molecule has 10 nitrogen and oxygen atoms in total. The quantitative estimate of drug-likeness (QED) is 0.561. The number of hydrogen-bond donors (Lipinski definition) is 2. The fourth-order valence-electron chi connectivity index (χ4n) is 4.10. The molecule has 0 spiro atoms. The van der Waals surface area contributed by atoms with Crippen LogP contribution in [0.5, 0.6) is 0 Å². The first-order valence-electron chi connectivity index (χ1n) is 10.8. The summed E-state index contributed by atoms with van der Waals surface area (Å²) in [5.74, 6) is -1.84. The topological polar surface area (TPSA) is 103 Å². The van der Waals surface area contributed by atoms with Crippen molar-refractivity contribution in [2.45, 2.75) is 38.4 Å². The molecule has 2 amide bonds. The van der Waals surface area contributed by atoms with Crippen LogP contribution in [0.3, 0.4) is 0 Å². The average molecular weight is 517 g/mol. The molecule has 2 atom stereocenters. The van der Waals surface area contributed by atoms with E-state index in [0.717, 1.165) is 9.96 Å². The zero-order valence-electron chi connectivity index (χ0n) is 18.9. The van der Waals surface area contributed by atoms with Crippen LogP contribution in [0.15, 0.2) is 18.2 Å².